The molecule has 0 aromatic heterocycles. The lowest BCUT2D eigenvalue weighted by atomic mass is 10.4. The summed E-state index contributed by atoms with van der Waals surface area (Å²) < 4.78 is 31.2. The molecular weight excluding hydrogens is 274 g/mol. The molecule has 0 N–H and O–H groups in total. The summed E-state index contributed by atoms with van der Waals surface area (Å²) in [4.78, 5) is 0.149. The molecule has 0 fully saturated rings. The molecule has 0 aliphatic carbocycles. The van der Waals surface area contributed by atoms with E-state index in [1.807, 2.05) is 6.92 Å². The molecule has 0 atom stereocenters. The Morgan fingerprint density at radius 3 is 2.50 bits per heavy atom. The number of halogens is 1. The second-order valence-electron chi connectivity index (χ2n) is 3.83. The first kappa shape index (κ1) is 15.4. The van der Waals surface area contributed by atoms with Crippen LogP contribution in [0.4, 0.5) is 0 Å². The van der Waals surface area contributed by atoms with E-state index in [2.05, 4.69) is 0 Å². The minimum Gasteiger partial charge on any atom is -0.383 e. The molecule has 1 rings (SSSR count). The van der Waals surface area contributed by atoms with Crippen molar-refractivity contribution in [1.82, 2.24) is 4.31 Å². The van der Waals surface area contributed by atoms with E-state index in [0.29, 0.717) is 19.7 Å². The number of nitrogens with zero attached hydrogens (tertiary/aromatic N) is 1. The van der Waals surface area contributed by atoms with Crippen molar-refractivity contribution in [1.29, 1.82) is 0 Å². The molecular formula is C12H18ClNO3S. The van der Waals surface area contributed by atoms with Crippen LogP contribution in [0.5, 0.6) is 0 Å². The topological polar surface area (TPSA) is 46.6 Å². The van der Waals surface area contributed by atoms with Gasteiger partial charge in [-0.25, -0.2) is 8.42 Å². The highest BCUT2D eigenvalue weighted by molar-refractivity contribution is 7.89. The molecule has 0 amide bonds. The summed E-state index contributed by atoms with van der Waals surface area (Å²) in [6.07, 6.45) is 0.743. The Balaban J connectivity index is 3.05. The molecule has 6 heteroatoms. The van der Waals surface area contributed by atoms with Gasteiger partial charge in [-0.15, -0.1) is 0 Å². The fraction of sp³-hybridized carbons (Fsp3) is 0.500. The molecule has 18 heavy (non-hydrogen) atoms. The van der Waals surface area contributed by atoms with Crippen molar-refractivity contribution >= 4 is 21.6 Å². The fourth-order valence-electron chi connectivity index (χ4n) is 1.59. The highest BCUT2D eigenvalue weighted by Gasteiger charge is 2.25. The van der Waals surface area contributed by atoms with E-state index < -0.39 is 10.0 Å². The predicted molar refractivity (Wildman–Crippen MR) is 72.4 cm³/mol. The van der Waals surface area contributed by atoms with Gasteiger partial charge in [0, 0.05) is 20.2 Å². The molecule has 0 aliphatic heterocycles. The molecule has 0 spiro atoms. The van der Waals surface area contributed by atoms with Gasteiger partial charge in [-0.3, -0.25) is 0 Å². The summed E-state index contributed by atoms with van der Waals surface area (Å²) in [6.45, 7) is 3.08. The van der Waals surface area contributed by atoms with E-state index in [-0.39, 0.29) is 9.92 Å². The van der Waals surface area contributed by atoms with E-state index in [4.69, 9.17) is 16.3 Å². The van der Waals surface area contributed by atoms with Crippen LogP contribution in [0.25, 0.3) is 0 Å². The quantitative estimate of drug-likeness (QED) is 0.775. The van der Waals surface area contributed by atoms with Crippen LogP contribution in [-0.2, 0) is 14.8 Å². The molecule has 0 aliphatic rings. The largest absolute Gasteiger partial charge is 0.383 e. The van der Waals surface area contributed by atoms with Crippen LogP contribution in [-0.4, -0.2) is 39.5 Å². The second kappa shape index (κ2) is 7.09. The average molecular weight is 292 g/mol. The van der Waals surface area contributed by atoms with Crippen LogP contribution in [0.2, 0.25) is 5.02 Å². The zero-order chi connectivity index (χ0) is 13.6. The Labute approximate surface area is 114 Å². The lowest BCUT2D eigenvalue weighted by Gasteiger charge is -2.21. The van der Waals surface area contributed by atoms with Gasteiger partial charge in [0.1, 0.15) is 4.90 Å². The van der Waals surface area contributed by atoms with Gasteiger partial charge >= 0.3 is 0 Å². The third kappa shape index (κ3) is 3.68. The second-order valence-corrected chi connectivity index (χ2v) is 6.14. The molecule has 0 bridgehead atoms. The van der Waals surface area contributed by atoms with Crippen molar-refractivity contribution in [2.24, 2.45) is 0 Å². The zero-order valence-corrected chi connectivity index (χ0v) is 12.2. The van der Waals surface area contributed by atoms with Crippen LogP contribution in [0, 0.1) is 0 Å². The lowest BCUT2D eigenvalue weighted by Crippen LogP contribution is -2.34. The van der Waals surface area contributed by atoms with Gasteiger partial charge < -0.3 is 4.74 Å². The highest BCUT2D eigenvalue weighted by Crippen LogP contribution is 2.24. The van der Waals surface area contributed by atoms with Crippen molar-refractivity contribution in [2.75, 3.05) is 26.8 Å². The van der Waals surface area contributed by atoms with Crippen molar-refractivity contribution in [3.8, 4) is 0 Å². The summed E-state index contributed by atoms with van der Waals surface area (Å²) >= 11 is 5.95. The summed E-state index contributed by atoms with van der Waals surface area (Å²) in [5, 5.41) is 0.246. The monoisotopic (exact) mass is 291 g/mol. The molecule has 0 radical (unpaired) electrons. The Bertz CT molecular complexity index is 476. The van der Waals surface area contributed by atoms with Gasteiger partial charge in [0.2, 0.25) is 10.0 Å². The Morgan fingerprint density at radius 2 is 1.94 bits per heavy atom. The number of sulfonamides is 1. The van der Waals surface area contributed by atoms with Crippen LogP contribution in [0.15, 0.2) is 29.2 Å². The number of benzene rings is 1. The molecule has 0 saturated heterocycles. The summed E-state index contributed by atoms with van der Waals surface area (Å²) in [5.41, 5.74) is 0. The van der Waals surface area contributed by atoms with Crippen molar-refractivity contribution in [3.05, 3.63) is 29.3 Å². The smallest absolute Gasteiger partial charge is 0.244 e. The first-order valence-electron chi connectivity index (χ1n) is 5.77. The van der Waals surface area contributed by atoms with Crippen molar-refractivity contribution < 1.29 is 13.2 Å². The minimum absolute atomic E-state index is 0.149. The number of ether oxygens (including phenoxy) is 1. The van der Waals surface area contributed by atoms with Gasteiger partial charge in [-0.2, -0.15) is 4.31 Å². The number of rotatable bonds is 7. The van der Waals surface area contributed by atoms with E-state index >= 15 is 0 Å². The Kier molecular flexibility index (Phi) is 6.08. The van der Waals surface area contributed by atoms with Crippen molar-refractivity contribution in [3.63, 3.8) is 0 Å². The predicted octanol–water partition coefficient (Wildman–Crippen LogP) is 2.39. The van der Waals surface area contributed by atoms with Gasteiger partial charge in [-0.05, 0) is 18.6 Å². The summed E-state index contributed by atoms with van der Waals surface area (Å²) in [5.74, 6) is 0. The molecule has 4 nitrogen and oxygen atoms in total. The SMILES string of the molecule is CCCN(CCOC)S(=O)(=O)c1ccccc1Cl. The van der Waals surface area contributed by atoms with Crippen LogP contribution in [0.1, 0.15) is 13.3 Å². The van der Waals surface area contributed by atoms with E-state index in [0.717, 1.165) is 6.42 Å². The lowest BCUT2D eigenvalue weighted by molar-refractivity contribution is 0.179. The standard InChI is InChI=1S/C12H18ClNO3S/c1-3-8-14(9-10-17-2)18(15,16)12-7-5-4-6-11(12)13/h4-7H,3,8-10H2,1-2H3. The van der Waals surface area contributed by atoms with Crippen LogP contribution >= 0.6 is 11.6 Å². The highest BCUT2D eigenvalue weighted by atomic mass is 35.5. The first-order valence-corrected chi connectivity index (χ1v) is 7.59. The zero-order valence-electron chi connectivity index (χ0n) is 10.6. The van der Waals surface area contributed by atoms with Crippen LogP contribution < -0.4 is 0 Å². The van der Waals surface area contributed by atoms with E-state index in [1.165, 1.54) is 10.4 Å². The Hall–Kier alpha value is -0.620. The third-order valence-electron chi connectivity index (χ3n) is 2.47. The molecule has 1 aromatic rings. The molecule has 0 unspecified atom stereocenters. The number of hydrogen-bond donors (Lipinski definition) is 0. The summed E-state index contributed by atoms with van der Waals surface area (Å²) in [6, 6.07) is 6.47. The third-order valence-corrected chi connectivity index (χ3v) is 4.87. The van der Waals surface area contributed by atoms with Gasteiger partial charge in [0.05, 0.1) is 11.6 Å². The van der Waals surface area contributed by atoms with Crippen LogP contribution in [0.3, 0.4) is 0 Å². The molecule has 0 saturated carbocycles. The maximum absolute atomic E-state index is 12.4. The molecule has 0 heterocycles. The Morgan fingerprint density at radius 1 is 1.28 bits per heavy atom. The normalized spacial score (nSPS) is 12.0. The molecule has 102 valence electrons. The van der Waals surface area contributed by atoms with Crippen molar-refractivity contribution in [2.45, 2.75) is 18.2 Å². The fourth-order valence-corrected chi connectivity index (χ4v) is 3.60. The van der Waals surface area contributed by atoms with Gasteiger partial charge in [-0.1, -0.05) is 30.7 Å². The maximum Gasteiger partial charge on any atom is 0.244 e. The van der Waals surface area contributed by atoms with E-state index in [1.54, 1.807) is 25.3 Å². The molecule has 1 aromatic carbocycles. The van der Waals surface area contributed by atoms with Gasteiger partial charge in [0.15, 0.2) is 0 Å². The van der Waals surface area contributed by atoms with Gasteiger partial charge in [0.25, 0.3) is 0 Å². The number of hydrogen-bond acceptors (Lipinski definition) is 3. The maximum atomic E-state index is 12.4. The number of methoxy groups -OCH3 is 1. The van der Waals surface area contributed by atoms with E-state index in [9.17, 15) is 8.42 Å². The average Bonchev–Trinajstić information content (AvgIpc) is 2.34. The summed E-state index contributed by atoms with van der Waals surface area (Å²) in [7, 11) is -2.00. The first-order chi connectivity index (χ1) is 8.54. The minimum atomic E-state index is -3.54.